The number of hydrogen-bond donors (Lipinski definition) is 5. The summed E-state index contributed by atoms with van der Waals surface area (Å²) in [6, 6.07) is -0.960. The van der Waals surface area contributed by atoms with Crippen molar-refractivity contribution < 1.29 is 24.0 Å². The molecule has 0 heterocycles. The van der Waals surface area contributed by atoms with Crippen molar-refractivity contribution in [3.63, 3.8) is 0 Å². The molecule has 4 amide bonds. The lowest BCUT2D eigenvalue weighted by molar-refractivity contribution is -0.127. The van der Waals surface area contributed by atoms with Crippen LogP contribution in [0.2, 0.25) is 0 Å². The molecule has 0 aliphatic heterocycles. The molecular weight excluding hydrogens is 558 g/mol. The largest absolute Gasteiger partial charge is 0.355 e. The van der Waals surface area contributed by atoms with Crippen LogP contribution in [0.25, 0.3) is 0 Å². The summed E-state index contributed by atoms with van der Waals surface area (Å²) < 4.78 is 0. The molecule has 2 atom stereocenters. The van der Waals surface area contributed by atoms with Gasteiger partial charge in [-0.05, 0) is 65.0 Å². The molecule has 1 rings (SSSR count). The first-order chi connectivity index (χ1) is 21.3. The number of carbonyl (C=O) groups excluding carboxylic acids is 5. The van der Waals surface area contributed by atoms with Crippen LogP contribution < -0.4 is 26.6 Å². The highest BCUT2D eigenvalue weighted by Gasteiger charge is 2.24. The number of rotatable bonds is 16. The Balaban J connectivity index is -0.000000172. The summed E-state index contributed by atoms with van der Waals surface area (Å²) in [7, 11) is 3.44. The van der Waals surface area contributed by atoms with Crippen molar-refractivity contribution in [1.82, 2.24) is 26.6 Å². The smallest absolute Gasteiger partial charge is 0.315 e. The van der Waals surface area contributed by atoms with E-state index in [-0.39, 0.29) is 29.8 Å². The summed E-state index contributed by atoms with van der Waals surface area (Å²) in [6.07, 6.45) is 18.3. The van der Waals surface area contributed by atoms with Crippen LogP contribution in [-0.2, 0) is 19.2 Å². The van der Waals surface area contributed by atoms with Gasteiger partial charge in [-0.15, -0.1) is 18.9 Å². The zero-order valence-electron chi connectivity index (χ0n) is 29.5. The fourth-order valence-electron chi connectivity index (χ4n) is 3.75. The number of unbranched alkanes of at least 4 members (excludes halogenated alkanes) is 2. The number of hydrogen-bond acceptors (Lipinski definition) is 6. The van der Waals surface area contributed by atoms with Gasteiger partial charge >= 0.3 is 6.03 Å². The molecule has 1 fully saturated rings. The second kappa shape index (κ2) is 44.3. The lowest BCUT2D eigenvalue weighted by Gasteiger charge is -2.26. The van der Waals surface area contributed by atoms with Gasteiger partial charge in [0, 0.05) is 26.4 Å². The Hall–Kier alpha value is -3.19. The van der Waals surface area contributed by atoms with Crippen LogP contribution in [0.4, 0.5) is 4.79 Å². The van der Waals surface area contributed by atoms with Gasteiger partial charge in [0.25, 0.3) is 0 Å². The number of terminal acetylenes is 1. The number of ketones is 1. The van der Waals surface area contributed by atoms with Crippen molar-refractivity contribution in [3.8, 4) is 12.3 Å². The molecule has 0 bridgehead atoms. The maximum Gasteiger partial charge on any atom is 0.315 e. The minimum Gasteiger partial charge on any atom is -0.355 e. The zero-order chi connectivity index (χ0) is 35.0. The van der Waals surface area contributed by atoms with Gasteiger partial charge in [0.2, 0.25) is 12.3 Å². The van der Waals surface area contributed by atoms with Crippen molar-refractivity contribution in [3.05, 3.63) is 12.7 Å². The van der Waals surface area contributed by atoms with Crippen LogP contribution in [0, 0.1) is 18.3 Å². The lowest BCUT2D eigenvalue weighted by atomic mass is 9.84. The molecule has 0 aromatic rings. The Bertz CT molecular complexity index is 711. The van der Waals surface area contributed by atoms with Gasteiger partial charge in [0.15, 0.2) is 5.78 Å². The van der Waals surface area contributed by atoms with E-state index in [4.69, 9.17) is 6.42 Å². The van der Waals surface area contributed by atoms with E-state index in [1.165, 1.54) is 26.2 Å². The van der Waals surface area contributed by atoms with Crippen molar-refractivity contribution in [2.24, 2.45) is 5.92 Å². The Morgan fingerprint density at radius 3 is 1.93 bits per heavy atom. The summed E-state index contributed by atoms with van der Waals surface area (Å²) in [5.74, 6) is 2.81. The first-order valence-corrected chi connectivity index (χ1v) is 16.4. The molecule has 1 aliphatic rings. The maximum absolute atomic E-state index is 11.6. The highest BCUT2D eigenvalue weighted by Crippen LogP contribution is 2.25. The quantitative estimate of drug-likeness (QED) is 0.0680. The summed E-state index contributed by atoms with van der Waals surface area (Å²) in [4.78, 5) is 54.3. The number of carbonyl (C=O) groups is 5. The standard InChI is InChI=1S/C14H24N2O2.C10H18N2O2.C4H7NO.3C2H6/c1-4-5-6-9-13(12(2)17)16-14(18)10-7-8-11-15-3;1-11-10(14)12-9(7-13)8-5-3-2-4-6-8;1-2-3-5-4-6;3*1-2/h1,13,15H,5-11H2,2-3H3,(H,16,18);7-9H,2-6H2,1H3,(H2,11,12,14);2,4H,1,3H2,(H,5,6);3*1-2H3. The molecule has 0 saturated heterocycles. The second-order valence-corrected chi connectivity index (χ2v) is 8.99. The first kappa shape index (κ1) is 50.4. The molecule has 0 radical (unpaired) electrons. The summed E-state index contributed by atoms with van der Waals surface area (Å²) in [5, 5.41) is 13.3. The average Bonchev–Trinajstić information content (AvgIpc) is 3.07. The van der Waals surface area contributed by atoms with Crippen LogP contribution >= 0.6 is 0 Å². The topological polar surface area (TPSA) is 146 Å². The van der Waals surface area contributed by atoms with E-state index in [0.29, 0.717) is 38.1 Å². The highest BCUT2D eigenvalue weighted by atomic mass is 16.2. The van der Waals surface area contributed by atoms with E-state index < -0.39 is 0 Å². The fourth-order valence-corrected chi connectivity index (χ4v) is 3.75. The van der Waals surface area contributed by atoms with Crippen molar-refractivity contribution in [2.45, 2.75) is 131 Å². The number of aldehydes is 1. The van der Waals surface area contributed by atoms with Gasteiger partial charge in [-0.1, -0.05) is 66.9 Å². The Morgan fingerprint density at radius 1 is 0.932 bits per heavy atom. The van der Waals surface area contributed by atoms with Crippen LogP contribution in [0.5, 0.6) is 0 Å². The third-order valence-electron chi connectivity index (χ3n) is 5.90. The normalized spacial score (nSPS) is 12.4. The molecule has 1 saturated carbocycles. The predicted octanol–water partition coefficient (Wildman–Crippen LogP) is 5.31. The molecule has 0 aromatic carbocycles. The molecule has 1 aliphatic carbocycles. The SMILES string of the molecule is C#CCCCC(NC(=O)CCCCNC)C(C)=O.C=CCNC=O.CC.CC.CC.CNC(=O)NC(C=O)C1CCCCC1. The zero-order valence-corrected chi connectivity index (χ0v) is 29.5. The van der Waals surface area contributed by atoms with Crippen molar-refractivity contribution in [2.75, 3.05) is 27.2 Å². The second-order valence-electron chi connectivity index (χ2n) is 8.99. The molecule has 5 N–H and O–H groups in total. The van der Waals surface area contributed by atoms with Crippen LogP contribution in [0.1, 0.15) is 119 Å². The Labute approximate surface area is 270 Å². The Morgan fingerprint density at radius 2 is 1.52 bits per heavy atom. The Kier molecular flexibility index (Phi) is 50.7. The molecule has 2 unspecified atom stereocenters. The molecule has 10 heteroatoms. The predicted molar refractivity (Wildman–Crippen MR) is 185 cm³/mol. The minimum atomic E-state index is -0.379. The third-order valence-corrected chi connectivity index (χ3v) is 5.90. The summed E-state index contributed by atoms with van der Waals surface area (Å²) >= 11 is 0. The number of Topliss-reactive ketones (excluding diaryl/α,β-unsaturated/α-hetero) is 1. The maximum atomic E-state index is 11.6. The molecule has 0 aromatic heterocycles. The van der Waals surface area contributed by atoms with E-state index in [2.05, 4.69) is 39.1 Å². The molecular formula is C34H67N5O5. The summed E-state index contributed by atoms with van der Waals surface area (Å²) in [5.41, 5.74) is 0. The van der Waals surface area contributed by atoms with Crippen molar-refractivity contribution in [1.29, 1.82) is 0 Å². The van der Waals surface area contributed by atoms with Gasteiger partial charge in [-0.2, -0.15) is 0 Å². The average molecular weight is 626 g/mol. The van der Waals surface area contributed by atoms with E-state index in [1.807, 2.05) is 48.6 Å². The number of urea groups is 1. The van der Waals surface area contributed by atoms with Gasteiger partial charge in [0.1, 0.15) is 6.29 Å². The van der Waals surface area contributed by atoms with Crippen molar-refractivity contribution >= 4 is 30.4 Å². The lowest BCUT2D eigenvalue weighted by Crippen LogP contribution is -2.45. The third kappa shape index (κ3) is 36.8. The highest BCUT2D eigenvalue weighted by molar-refractivity contribution is 5.87. The molecule has 0 spiro atoms. The monoisotopic (exact) mass is 626 g/mol. The molecule has 44 heavy (non-hydrogen) atoms. The van der Waals surface area contributed by atoms with Gasteiger partial charge in [-0.3, -0.25) is 14.4 Å². The van der Waals surface area contributed by atoms with E-state index >= 15 is 0 Å². The van der Waals surface area contributed by atoms with Gasteiger partial charge in [0.05, 0.1) is 12.1 Å². The van der Waals surface area contributed by atoms with Crippen LogP contribution in [0.15, 0.2) is 12.7 Å². The van der Waals surface area contributed by atoms with Gasteiger partial charge < -0.3 is 31.4 Å². The number of nitrogens with one attached hydrogen (secondary N) is 5. The fraction of sp³-hybridized carbons (Fsp3) is 0.735. The van der Waals surface area contributed by atoms with Crippen LogP contribution in [-0.4, -0.2) is 69.7 Å². The number of amides is 4. The molecule has 10 nitrogen and oxygen atoms in total. The van der Waals surface area contributed by atoms with Gasteiger partial charge in [-0.25, -0.2) is 4.79 Å². The van der Waals surface area contributed by atoms with E-state index in [9.17, 15) is 24.0 Å². The minimum absolute atomic E-state index is 0.00408. The van der Waals surface area contributed by atoms with Crippen LogP contribution in [0.3, 0.4) is 0 Å². The van der Waals surface area contributed by atoms with E-state index in [0.717, 1.165) is 44.9 Å². The van der Waals surface area contributed by atoms with E-state index in [1.54, 1.807) is 13.1 Å². The first-order valence-electron chi connectivity index (χ1n) is 16.4. The molecule has 258 valence electrons. The summed E-state index contributed by atoms with van der Waals surface area (Å²) in [6.45, 7) is 18.3.